The lowest BCUT2D eigenvalue weighted by Crippen LogP contribution is -2.21. The third-order valence-electron chi connectivity index (χ3n) is 4.32. The van der Waals surface area contributed by atoms with Crippen LogP contribution in [0.3, 0.4) is 0 Å². The number of nitrogens with one attached hydrogen (secondary N) is 1. The van der Waals surface area contributed by atoms with E-state index in [4.69, 9.17) is 9.72 Å². The van der Waals surface area contributed by atoms with Gasteiger partial charge in [0.25, 0.3) is 0 Å². The molecule has 3 aromatic carbocycles. The van der Waals surface area contributed by atoms with Crippen LogP contribution in [0.4, 0.5) is 5.69 Å². The Labute approximate surface area is 180 Å². The van der Waals surface area contributed by atoms with E-state index in [0.717, 1.165) is 21.8 Å². The van der Waals surface area contributed by atoms with E-state index in [-0.39, 0.29) is 12.4 Å². The molecule has 30 heavy (non-hydrogen) atoms. The summed E-state index contributed by atoms with van der Waals surface area (Å²) in [5.74, 6) is 0.508. The largest absolute Gasteiger partial charge is 0.492 e. The first-order valence-corrected chi connectivity index (χ1v) is 11.9. The van der Waals surface area contributed by atoms with Crippen LogP contribution >= 0.6 is 11.3 Å². The van der Waals surface area contributed by atoms with Gasteiger partial charge in [-0.2, -0.15) is 0 Å². The number of ether oxygens (including phenoxy) is 1. The van der Waals surface area contributed by atoms with Crippen molar-refractivity contribution < 1.29 is 13.2 Å². The molecule has 0 fully saturated rings. The zero-order valence-electron chi connectivity index (χ0n) is 16.1. The van der Waals surface area contributed by atoms with E-state index in [1.54, 1.807) is 35.6 Å². The van der Waals surface area contributed by atoms with Gasteiger partial charge in [-0.05, 0) is 24.3 Å². The maximum Gasteiger partial charge on any atom is 0.236 e. The molecule has 0 unspecified atom stereocenters. The Bertz CT molecular complexity index is 1210. The number of hydrogen-bond acceptors (Lipinski definition) is 5. The fourth-order valence-electron chi connectivity index (χ4n) is 2.88. The quantitative estimate of drug-likeness (QED) is 0.407. The van der Waals surface area contributed by atoms with Crippen LogP contribution in [-0.4, -0.2) is 25.8 Å². The van der Waals surface area contributed by atoms with Gasteiger partial charge in [-0.25, -0.2) is 13.4 Å². The summed E-state index contributed by atoms with van der Waals surface area (Å²) in [4.78, 5) is 4.69. The molecule has 5 nitrogen and oxygen atoms in total. The molecule has 4 rings (SSSR count). The number of benzene rings is 3. The van der Waals surface area contributed by atoms with Crippen molar-refractivity contribution in [3.8, 4) is 27.6 Å². The van der Waals surface area contributed by atoms with Crippen LogP contribution in [-0.2, 0) is 10.0 Å². The highest BCUT2D eigenvalue weighted by Gasteiger charge is 2.12. The van der Waals surface area contributed by atoms with Gasteiger partial charge in [-0.15, -0.1) is 11.3 Å². The Balaban J connectivity index is 1.42. The van der Waals surface area contributed by atoms with Crippen LogP contribution in [0.2, 0.25) is 0 Å². The van der Waals surface area contributed by atoms with E-state index in [1.807, 2.05) is 66.0 Å². The molecular weight excluding hydrogens is 416 g/mol. The van der Waals surface area contributed by atoms with Gasteiger partial charge in [0.1, 0.15) is 23.1 Å². The lowest BCUT2D eigenvalue weighted by molar-refractivity contribution is 0.341. The Morgan fingerprint density at radius 2 is 1.57 bits per heavy atom. The summed E-state index contributed by atoms with van der Waals surface area (Å²) in [5.41, 5.74) is 3.23. The lowest BCUT2D eigenvalue weighted by atomic mass is 10.1. The summed E-state index contributed by atoms with van der Waals surface area (Å²) in [6.45, 7) is 0.0750. The first-order valence-electron chi connectivity index (χ1n) is 9.39. The highest BCUT2D eigenvalue weighted by molar-refractivity contribution is 7.92. The number of hydrogen-bond donors (Lipinski definition) is 1. The molecule has 0 aliphatic carbocycles. The molecule has 0 amide bonds. The van der Waals surface area contributed by atoms with Gasteiger partial charge in [0, 0.05) is 22.2 Å². The Kier molecular flexibility index (Phi) is 6.11. The molecule has 0 aliphatic heterocycles. The number of thiazole rings is 1. The second-order valence-electron chi connectivity index (χ2n) is 6.57. The van der Waals surface area contributed by atoms with Crippen molar-refractivity contribution in [2.75, 3.05) is 17.1 Å². The van der Waals surface area contributed by atoms with Crippen molar-refractivity contribution in [3.63, 3.8) is 0 Å². The van der Waals surface area contributed by atoms with Gasteiger partial charge < -0.3 is 4.74 Å². The van der Waals surface area contributed by atoms with E-state index in [2.05, 4.69) is 4.72 Å². The third-order valence-corrected chi connectivity index (χ3v) is 6.46. The number of anilines is 1. The van der Waals surface area contributed by atoms with Crippen LogP contribution in [0.1, 0.15) is 0 Å². The highest BCUT2D eigenvalue weighted by Crippen LogP contribution is 2.30. The number of nitrogens with zero attached hydrogens (tertiary/aromatic N) is 1. The van der Waals surface area contributed by atoms with Crippen LogP contribution in [0.5, 0.6) is 5.75 Å². The summed E-state index contributed by atoms with van der Waals surface area (Å²) >= 11 is 1.56. The van der Waals surface area contributed by atoms with Gasteiger partial charge in [-0.3, -0.25) is 4.72 Å². The average molecular weight is 437 g/mol. The van der Waals surface area contributed by atoms with Gasteiger partial charge in [0.2, 0.25) is 10.0 Å². The molecule has 1 aromatic heterocycles. The number of para-hydroxylation sites is 1. The molecule has 0 saturated carbocycles. The first-order chi connectivity index (χ1) is 14.6. The van der Waals surface area contributed by atoms with Crippen molar-refractivity contribution in [2.45, 2.75) is 0 Å². The second-order valence-corrected chi connectivity index (χ2v) is 9.27. The minimum atomic E-state index is -3.53. The molecule has 0 atom stereocenters. The number of sulfonamides is 1. The molecule has 4 aromatic rings. The molecular formula is C23H20N2O3S2. The second kappa shape index (κ2) is 9.11. The molecule has 0 spiro atoms. The zero-order chi connectivity index (χ0) is 20.8. The SMILES string of the molecule is O=S(=O)(CCOc1ccccc1)Nc1cccc(-c2csc(-c3ccccc3)n2)c1. The van der Waals surface area contributed by atoms with Gasteiger partial charge in [0.05, 0.1) is 5.69 Å². The van der Waals surface area contributed by atoms with E-state index in [9.17, 15) is 8.42 Å². The standard InChI is InChI=1S/C23H20N2O3S2/c26-30(27,15-14-28-21-12-5-2-6-13-21)25-20-11-7-10-19(16-20)22-17-29-23(24-22)18-8-3-1-4-9-18/h1-13,16-17,25H,14-15H2. The van der Waals surface area contributed by atoms with Crippen molar-refractivity contribution in [2.24, 2.45) is 0 Å². The smallest absolute Gasteiger partial charge is 0.236 e. The number of rotatable bonds is 8. The van der Waals surface area contributed by atoms with Gasteiger partial charge >= 0.3 is 0 Å². The molecule has 1 N–H and O–H groups in total. The van der Waals surface area contributed by atoms with Crippen LogP contribution < -0.4 is 9.46 Å². The van der Waals surface area contributed by atoms with E-state index >= 15 is 0 Å². The fourth-order valence-corrected chi connectivity index (χ4v) is 4.60. The van der Waals surface area contributed by atoms with Gasteiger partial charge in [0.15, 0.2) is 0 Å². The lowest BCUT2D eigenvalue weighted by Gasteiger charge is -2.10. The molecule has 0 aliphatic rings. The summed E-state index contributed by atoms with van der Waals surface area (Å²) < 4.78 is 33.0. The summed E-state index contributed by atoms with van der Waals surface area (Å²) in [7, 11) is -3.53. The zero-order valence-corrected chi connectivity index (χ0v) is 17.7. The van der Waals surface area contributed by atoms with Crippen molar-refractivity contribution in [1.29, 1.82) is 0 Å². The third kappa shape index (κ3) is 5.25. The van der Waals surface area contributed by atoms with Crippen molar-refractivity contribution in [3.05, 3.63) is 90.3 Å². The Hall–Kier alpha value is -3.16. The molecule has 7 heteroatoms. The fraction of sp³-hybridized carbons (Fsp3) is 0.0870. The predicted octanol–water partition coefficient (Wildman–Crippen LogP) is 5.30. The first kappa shape index (κ1) is 20.1. The summed E-state index contributed by atoms with van der Waals surface area (Å²) in [6.07, 6.45) is 0. The minimum absolute atomic E-state index is 0.0750. The topological polar surface area (TPSA) is 68.3 Å². The summed E-state index contributed by atoms with van der Waals surface area (Å²) in [5, 5.41) is 2.90. The van der Waals surface area contributed by atoms with Crippen LogP contribution in [0.25, 0.3) is 21.8 Å². The Morgan fingerprint density at radius 1 is 0.867 bits per heavy atom. The van der Waals surface area contributed by atoms with E-state index in [1.165, 1.54) is 0 Å². The normalized spacial score (nSPS) is 11.2. The highest BCUT2D eigenvalue weighted by atomic mass is 32.2. The molecule has 0 saturated heterocycles. The van der Waals surface area contributed by atoms with Crippen LogP contribution in [0.15, 0.2) is 90.3 Å². The van der Waals surface area contributed by atoms with Crippen LogP contribution in [0, 0.1) is 0 Å². The molecule has 152 valence electrons. The Morgan fingerprint density at radius 3 is 2.33 bits per heavy atom. The summed E-state index contributed by atoms with van der Waals surface area (Å²) in [6, 6.07) is 26.4. The minimum Gasteiger partial charge on any atom is -0.492 e. The van der Waals surface area contributed by atoms with Gasteiger partial charge in [-0.1, -0.05) is 60.7 Å². The van der Waals surface area contributed by atoms with E-state index in [0.29, 0.717) is 11.4 Å². The maximum absolute atomic E-state index is 12.4. The van der Waals surface area contributed by atoms with Crippen molar-refractivity contribution >= 4 is 27.0 Å². The molecule has 0 bridgehead atoms. The predicted molar refractivity (Wildman–Crippen MR) is 122 cm³/mol. The number of aromatic nitrogens is 1. The monoisotopic (exact) mass is 436 g/mol. The molecule has 0 radical (unpaired) electrons. The van der Waals surface area contributed by atoms with E-state index < -0.39 is 10.0 Å². The van der Waals surface area contributed by atoms with Crippen molar-refractivity contribution in [1.82, 2.24) is 4.98 Å². The molecule has 1 heterocycles. The average Bonchev–Trinajstić information content (AvgIpc) is 3.25. The maximum atomic E-state index is 12.4.